The summed E-state index contributed by atoms with van der Waals surface area (Å²) in [7, 11) is 0. The second-order valence-corrected chi connectivity index (χ2v) is 5.58. The Balaban J connectivity index is 2.30. The molecule has 0 bridgehead atoms. The van der Waals surface area contributed by atoms with E-state index in [1.54, 1.807) is 11.8 Å². The lowest BCUT2D eigenvalue weighted by atomic mass is 10.1. The lowest BCUT2D eigenvalue weighted by Crippen LogP contribution is -2.26. The number of rotatable bonds is 7. The molecule has 92 valence electrons. The predicted molar refractivity (Wildman–Crippen MR) is 71.7 cm³/mol. The second kappa shape index (κ2) is 7.02. The van der Waals surface area contributed by atoms with Crippen LogP contribution in [-0.2, 0) is 12.3 Å². The summed E-state index contributed by atoms with van der Waals surface area (Å²) in [5, 5.41) is 3.49. The van der Waals surface area contributed by atoms with Crippen molar-refractivity contribution in [1.29, 1.82) is 0 Å². The van der Waals surface area contributed by atoms with Crippen LogP contribution in [0.2, 0.25) is 0 Å². The molecule has 0 aliphatic rings. The van der Waals surface area contributed by atoms with Gasteiger partial charge in [-0.1, -0.05) is 13.8 Å². The van der Waals surface area contributed by atoms with Crippen LogP contribution in [0, 0.1) is 5.92 Å². The van der Waals surface area contributed by atoms with Gasteiger partial charge in [0.1, 0.15) is 11.5 Å². The molecule has 0 radical (unpaired) electrons. The van der Waals surface area contributed by atoms with Crippen molar-refractivity contribution in [2.75, 3.05) is 6.26 Å². The van der Waals surface area contributed by atoms with Crippen molar-refractivity contribution in [2.45, 2.75) is 45.5 Å². The van der Waals surface area contributed by atoms with Crippen molar-refractivity contribution in [2.24, 2.45) is 5.92 Å². The van der Waals surface area contributed by atoms with Gasteiger partial charge in [0.05, 0.1) is 12.3 Å². The van der Waals surface area contributed by atoms with Crippen molar-refractivity contribution >= 4 is 11.8 Å². The van der Waals surface area contributed by atoms with Crippen molar-refractivity contribution in [3.8, 4) is 0 Å². The minimum atomic E-state index is 0.550. The van der Waals surface area contributed by atoms with E-state index in [1.165, 1.54) is 6.42 Å². The third-order valence-corrected chi connectivity index (χ3v) is 3.03. The molecule has 1 N–H and O–H groups in total. The minimum Gasteiger partial charge on any atom is -0.464 e. The van der Waals surface area contributed by atoms with E-state index < -0.39 is 0 Å². The molecule has 0 fully saturated rings. The van der Waals surface area contributed by atoms with Gasteiger partial charge < -0.3 is 9.73 Å². The maximum absolute atomic E-state index is 5.70. The smallest absolute Gasteiger partial charge is 0.118 e. The predicted octanol–water partition coefficient (Wildman–Crippen LogP) is 3.67. The molecule has 2 nitrogen and oxygen atoms in total. The molecule has 0 aliphatic carbocycles. The average molecular weight is 241 g/mol. The Bertz CT molecular complexity index is 296. The van der Waals surface area contributed by atoms with Crippen LogP contribution >= 0.6 is 11.8 Å². The fourth-order valence-corrected chi connectivity index (χ4v) is 2.24. The highest BCUT2D eigenvalue weighted by molar-refractivity contribution is 7.97. The zero-order chi connectivity index (χ0) is 12.0. The molecular formula is C13H23NOS. The minimum absolute atomic E-state index is 0.550. The van der Waals surface area contributed by atoms with E-state index in [2.05, 4.69) is 44.5 Å². The van der Waals surface area contributed by atoms with Crippen LogP contribution in [0.15, 0.2) is 16.5 Å². The molecule has 0 saturated heterocycles. The molecule has 1 atom stereocenters. The number of furan rings is 1. The molecule has 1 aromatic heterocycles. The van der Waals surface area contributed by atoms with E-state index >= 15 is 0 Å². The number of nitrogens with one attached hydrogen (secondary N) is 1. The Kier molecular flexibility index (Phi) is 5.99. The summed E-state index contributed by atoms with van der Waals surface area (Å²) in [5.41, 5.74) is 0. The lowest BCUT2D eigenvalue weighted by molar-refractivity contribution is 0.403. The molecule has 0 aromatic carbocycles. The Labute approximate surface area is 103 Å². The van der Waals surface area contributed by atoms with Crippen LogP contribution in [-0.4, -0.2) is 12.3 Å². The van der Waals surface area contributed by atoms with Gasteiger partial charge in [-0.3, -0.25) is 0 Å². The standard InChI is InChI=1S/C13H23NOS/c1-10(2)7-11(3)14-8-12-5-6-13(15-12)9-16-4/h5-6,10-11,14H,7-9H2,1-4H3. The largest absolute Gasteiger partial charge is 0.464 e. The summed E-state index contributed by atoms with van der Waals surface area (Å²) in [6, 6.07) is 4.69. The number of hydrogen-bond donors (Lipinski definition) is 1. The van der Waals surface area contributed by atoms with Crippen molar-refractivity contribution in [1.82, 2.24) is 5.32 Å². The Hall–Kier alpha value is -0.410. The molecule has 0 aliphatic heterocycles. The molecule has 1 heterocycles. The van der Waals surface area contributed by atoms with E-state index in [1.807, 2.05) is 0 Å². The molecule has 1 rings (SSSR count). The maximum Gasteiger partial charge on any atom is 0.118 e. The van der Waals surface area contributed by atoms with Crippen molar-refractivity contribution in [3.63, 3.8) is 0 Å². The third-order valence-electron chi connectivity index (χ3n) is 2.45. The molecule has 1 unspecified atom stereocenters. The normalized spacial score (nSPS) is 13.3. The van der Waals surface area contributed by atoms with Gasteiger partial charge in [0, 0.05) is 6.04 Å². The van der Waals surface area contributed by atoms with E-state index in [9.17, 15) is 0 Å². The van der Waals surface area contributed by atoms with Gasteiger partial charge in [0.25, 0.3) is 0 Å². The monoisotopic (exact) mass is 241 g/mol. The van der Waals surface area contributed by atoms with Crippen LogP contribution in [0.25, 0.3) is 0 Å². The number of thioether (sulfide) groups is 1. The summed E-state index contributed by atoms with van der Waals surface area (Å²) < 4.78 is 5.70. The van der Waals surface area contributed by atoms with Crippen LogP contribution in [0.4, 0.5) is 0 Å². The Morgan fingerprint density at radius 3 is 2.56 bits per heavy atom. The van der Waals surface area contributed by atoms with Gasteiger partial charge in [0.2, 0.25) is 0 Å². The Morgan fingerprint density at radius 2 is 1.94 bits per heavy atom. The van der Waals surface area contributed by atoms with Crippen molar-refractivity contribution < 1.29 is 4.42 Å². The van der Waals surface area contributed by atoms with Crippen LogP contribution in [0.5, 0.6) is 0 Å². The van der Waals surface area contributed by atoms with Crippen LogP contribution in [0.3, 0.4) is 0 Å². The zero-order valence-corrected chi connectivity index (χ0v) is 11.6. The summed E-state index contributed by atoms with van der Waals surface area (Å²) >= 11 is 1.79. The highest BCUT2D eigenvalue weighted by atomic mass is 32.2. The second-order valence-electron chi connectivity index (χ2n) is 4.71. The topological polar surface area (TPSA) is 25.2 Å². The average Bonchev–Trinajstić information content (AvgIpc) is 2.62. The zero-order valence-electron chi connectivity index (χ0n) is 10.7. The molecule has 3 heteroatoms. The van der Waals surface area contributed by atoms with Crippen LogP contribution in [0.1, 0.15) is 38.7 Å². The van der Waals surface area contributed by atoms with Gasteiger partial charge in [-0.05, 0) is 37.7 Å². The molecular weight excluding hydrogens is 218 g/mol. The highest BCUT2D eigenvalue weighted by Gasteiger charge is 2.06. The fraction of sp³-hybridized carbons (Fsp3) is 0.692. The summed E-state index contributed by atoms with van der Waals surface area (Å²) in [6.07, 6.45) is 3.30. The van der Waals surface area contributed by atoms with Gasteiger partial charge in [-0.2, -0.15) is 11.8 Å². The van der Waals surface area contributed by atoms with E-state index in [-0.39, 0.29) is 0 Å². The SMILES string of the molecule is CSCc1ccc(CNC(C)CC(C)C)o1. The van der Waals surface area contributed by atoms with Gasteiger partial charge >= 0.3 is 0 Å². The molecule has 0 spiro atoms. The van der Waals surface area contributed by atoms with Gasteiger partial charge in [-0.25, -0.2) is 0 Å². The summed E-state index contributed by atoms with van der Waals surface area (Å²) in [4.78, 5) is 0. The first kappa shape index (κ1) is 13.7. The fourth-order valence-electron chi connectivity index (χ4n) is 1.80. The maximum atomic E-state index is 5.70. The first-order chi connectivity index (χ1) is 7.61. The third kappa shape index (κ3) is 5.08. The quantitative estimate of drug-likeness (QED) is 0.788. The first-order valence-electron chi connectivity index (χ1n) is 5.91. The van der Waals surface area contributed by atoms with E-state index in [4.69, 9.17) is 4.42 Å². The molecule has 1 aromatic rings. The van der Waals surface area contributed by atoms with E-state index in [0.29, 0.717) is 6.04 Å². The van der Waals surface area contributed by atoms with Crippen LogP contribution < -0.4 is 5.32 Å². The lowest BCUT2D eigenvalue weighted by Gasteiger charge is -2.14. The first-order valence-corrected chi connectivity index (χ1v) is 7.31. The van der Waals surface area contributed by atoms with Gasteiger partial charge in [-0.15, -0.1) is 0 Å². The molecule has 0 amide bonds. The van der Waals surface area contributed by atoms with E-state index in [0.717, 1.165) is 29.7 Å². The molecule has 16 heavy (non-hydrogen) atoms. The summed E-state index contributed by atoms with van der Waals surface area (Å²) in [6.45, 7) is 7.57. The van der Waals surface area contributed by atoms with Crippen molar-refractivity contribution in [3.05, 3.63) is 23.7 Å². The molecule has 0 saturated carbocycles. The highest BCUT2D eigenvalue weighted by Crippen LogP contribution is 2.13. The summed E-state index contributed by atoms with van der Waals surface area (Å²) in [5.74, 6) is 3.81. The van der Waals surface area contributed by atoms with Gasteiger partial charge in [0.15, 0.2) is 0 Å². The number of hydrogen-bond acceptors (Lipinski definition) is 3. The Morgan fingerprint density at radius 1 is 1.25 bits per heavy atom.